The van der Waals surface area contributed by atoms with Crippen LogP contribution >= 0.6 is 33.9 Å². The summed E-state index contributed by atoms with van der Waals surface area (Å²) in [7, 11) is 0. The topological polar surface area (TPSA) is 17.1 Å². The van der Waals surface area contributed by atoms with Crippen molar-refractivity contribution in [1.29, 1.82) is 0 Å². The first-order valence-corrected chi connectivity index (χ1v) is 7.54. The van der Waals surface area contributed by atoms with E-state index in [9.17, 15) is 4.79 Å². The smallest absolute Gasteiger partial charge is 0.193 e. The number of benzene rings is 1. The summed E-state index contributed by atoms with van der Waals surface area (Å²) in [6, 6.07) is 9.90. The molecule has 0 radical (unpaired) electrons. The summed E-state index contributed by atoms with van der Waals surface area (Å²) in [5.74, 6) is 0.127. The van der Waals surface area contributed by atoms with Gasteiger partial charge in [-0.2, -0.15) is 0 Å². The first-order valence-electron chi connectivity index (χ1n) is 5.58. The lowest BCUT2D eigenvalue weighted by molar-refractivity contribution is 0.103. The van der Waals surface area contributed by atoms with Gasteiger partial charge in [0.15, 0.2) is 5.78 Å². The first-order chi connectivity index (χ1) is 8.20. The lowest BCUT2D eigenvalue weighted by Crippen LogP contribution is -2.00. The third-order valence-corrected chi connectivity index (χ3v) is 4.35. The van der Waals surface area contributed by atoms with E-state index < -0.39 is 0 Å². The van der Waals surface area contributed by atoms with Crippen molar-refractivity contribution < 1.29 is 4.79 Å². The third-order valence-electron chi connectivity index (χ3n) is 2.56. The molecule has 2 aromatic rings. The Balaban J connectivity index is 2.27. The second-order valence-electron chi connectivity index (χ2n) is 3.92. The van der Waals surface area contributed by atoms with Crippen LogP contribution in [0.2, 0.25) is 0 Å². The van der Waals surface area contributed by atoms with Crippen LogP contribution in [0.5, 0.6) is 0 Å². The Morgan fingerprint density at radius 3 is 2.76 bits per heavy atom. The Bertz CT molecular complexity index is 531. The second-order valence-corrected chi connectivity index (χ2v) is 6.72. The molecule has 0 fully saturated rings. The molecule has 0 atom stereocenters. The molecule has 88 valence electrons. The van der Waals surface area contributed by atoms with Crippen molar-refractivity contribution in [3.8, 4) is 0 Å². The highest BCUT2D eigenvalue weighted by Gasteiger charge is 2.10. The van der Waals surface area contributed by atoms with Gasteiger partial charge >= 0.3 is 0 Å². The Morgan fingerprint density at radius 1 is 1.29 bits per heavy atom. The number of halogens is 1. The van der Waals surface area contributed by atoms with Crippen LogP contribution in [0.4, 0.5) is 0 Å². The fourth-order valence-corrected chi connectivity index (χ4v) is 3.08. The molecule has 0 N–H and O–H groups in total. The van der Waals surface area contributed by atoms with Gasteiger partial charge in [0.05, 0.1) is 2.88 Å². The largest absolute Gasteiger partial charge is 0.289 e. The summed E-state index contributed by atoms with van der Waals surface area (Å²) in [5.41, 5.74) is 2.83. The molecule has 2 rings (SSSR count). The van der Waals surface area contributed by atoms with E-state index >= 15 is 0 Å². The van der Waals surface area contributed by atoms with E-state index in [1.807, 2.05) is 29.6 Å². The van der Waals surface area contributed by atoms with E-state index in [0.717, 1.165) is 26.9 Å². The molecule has 0 unspecified atom stereocenters. The van der Waals surface area contributed by atoms with Crippen molar-refractivity contribution in [2.45, 2.75) is 19.8 Å². The minimum Gasteiger partial charge on any atom is -0.289 e. The fraction of sp³-hybridized carbons (Fsp3) is 0.214. The Kier molecular flexibility index (Phi) is 4.34. The molecule has 17 heavy (non-hydrogen) atoms. The number of hydrogen-bond acceptors (Lipinski definition) is 2. The van der Waals surface area contributed by atoms with Crippen molar-refractivity contribution in [1.82, 2.24) is 0 Å². The number of hydrogen-bond donors (Lipinski definition) is 0. The molecule has 0 saturated heterocycles. The van der Waals surface area contributed by atoms with Crippen LogP contribution in [0.25, 0.3) is 0 Å². The van der Waals surface area contributed by atoms with Crippen molar-refractivity contribution in [2.75, 3.05) is 0 Å². The normalized spacial score (nSPS) is 10.5. The zero-order chi connectivity index (χ0) is 12.3. The van der Waals surface area contributed by atoms with Gasteiger partial charge in [-0.25, -0.2) is 0 Å². The standard InChI is InChI=1S/C14H13IOS/c1-2-4-10-5-3-6-11(7-10)14(16)12-8-13(15)17-9-12/h3,5-9H,2,4H2,1H3. The maximum atomic E-state index is 12.2. The predicted octanol–water partition coefficient (Wildman–Crippen LogP) is 4.54. The molecule has 0 aliphatic heterocycles. The molecule has 0 spiro atoms. The van der Waals surface area contributed by atoms with Crippen molar-refractivity contribution in [2.24, 2.45) is 0 Å². The zero-order valence-electron chi connectivity index (χ0n) is 9.57. The zero-order valence-corrected chi connectivity index (χ0v) is 12.5. The van der Waals surface area contributed by atoms with Gasteiger partial charge in [0.2, 0.25) is 0 Å². The van der Waals surface area contributed by atoms with Gasteiger partial charge in [0.25, 0.3) is 0 Å². The highest BCUT2D eigenvalue weighted by atomic mass is 127. The second kappa shape index (κ2) is 5.78. The summed E-state index contributed by atoms with van der Waals surface area (Å²) in [6.07, 6.45) is 2.14. The van der Waals surface area contributed by atoms with E-state index in [1.54, 1.807) is 11.3 Å². The number of carbonyl (C=O) groups excluding carboxylic acids is 1. The lowest BCUT2D eigenvalue weighted by atomic mass is 10.0. The number of ketones is 1. The summed E-state index contributed by atoms with van der Waals surface area (Å²) in [5, 5.41) is 1.93. The van der Waals surface area contributed by atoms with E-state index in [2.05, 4.69) is 35.6 Å². The average Bonchev–Trinajstić information content (AvgIpc) is 2.76. The third kappa shape index (κ3) is 3.16. The van der Waals surface area contributed by atoms with Gasteiger partial charge in [-0.3, -0.25) is 4.79 Å². The Labute approximate surface area is 119 Å². The molecular weight excluding hydrogens is 343 g/mol. The van der Waals surface area contributed by atoms with E-state index in [4.69, 9.17) is 0 Å². The summed E-state index contributed by atoms with van der Waals surface area (Å²) in [4.78, 5) is 12.2. The number of carbonyl (C=O) groups is 1. The summed E-state index contributed by atoms with van der Waals surface area (Å²) < 4.78 is 1.15. The van der Waals surface area contributed by atoms with Crippen LogP contribution in [0.3, 0.4) is 0 Å². The molecule has 1 nitrogen and oxygen atoms in total. The molecule has 0 saturated carbocycles. The highest BCUT2D eigenvalue weighted by Crippen LogP contribution is 2.20. The maximum Gasteiger partial charge on any atom is 0.193 e. The fourth-order valence-electron chi connectivity index (χ4n) is 1.75. The quantitative estimate of drug-likeness (QED) is 0.581. The van der Waals surface area contributed by atoms with E-state index in [0.29, 0.717) is 0 Å². The maximum absolute atomic E-state index is 12.2. The van der Waals surface area contributed by atoms with E-state index in [1.165, 1.54) is 5.56 Å². The molecule has 1 aromatic carbocycles. The van der Waals surface area contributed by atoms with Gasteiger partial charge in [0, 0.05) is 16.5 Å². The molecule has 3 heteroatoms. The average molecular weight is 356 g/mol. The van der Waals surface area contributed by atoms with Crippen molar-refractivity contribution in [3.05, 3.63) is 55.3 Å². The lowest BCUT2D eigenvalue weighted by Gasteiger charge is -2.02. The summed E-state index contributed by atoms with van der Waals surface area (Å²) in [6.45, 7) is 2.15. The predicted molar refractivity (Wildman–Crippen MR) is 80.9 cm³/mol. The van der Waals surface area contributed by atoms with E-state index in [-0.39, 0.29) is 5.78 Å². The number of rotatable bonds is 4. The number of aryl methyl sites for hydroxylation is 1. The molecule has 0 aliphatic carbocycles. The van der Waals surface area contributed by atoms with Gasteiger partial charge < -0.3 is 0 Å². The SMILES string of the molecule is CCCc1cccc(C(=O)c2csc(I)c2)c1. The Morgan fingerprint density at radius 2 is 2.12 bits per heavy atom. The van der Waals surface area contributed by atoms with Gasteiger partial charge in [-0.05, 0) is 46.7 Å². The first kappa shape index (κ1) is 12.8. The monoisotopic (exact) mass is 356 g/mol. The highest BCUT2D eigenvalue weighted by molar-refractivity contribution is 14.1. The van der Waals surface area contributed by atoms with Crippen molar-refractivity contribution in [3.63, 3.8) is 0 Å². The molecule has 1 heterocycles. The molecule has 1 aromatic heterocycles. The molecule has 0 bridgehead atoms. The summed E-state index contributed by atoms with van der Waals surface area (Å²) >= 11 is 3.85. The van der Waals surface area contributed by atoms with Crippen LogP contribution in [-0.4, -0.2) is 5.78 Å². The molecule has 0 aliphatic rings. The number of thiophene rings is 1. The van der Waals surface area contributed by atoms with Crippen molar-refractivity contribution >= 4 is 39.7 Å². The van der Waals surface area contributed by atoms with Gasteiger partial charge in [0.1, 0.15) is 0 Å². The minimum absolute atomic E-state index is 0.127. The molecular formula is C14H13IOS. The van der Waals surface area contributed by atoms with Crippen LogP contribution in [0.1, 0.15) is 34.8 Å². The van der Waals surface area contributed by atoms with Crippen LogP contribution < -0.4 is 0 Å². The molecule has 0 amide bonds. The van der Waals surface area contributed by atoms with Crippen LogP contribution in [-0.2, 0) is 6.42 Å². The van der Waals surface area contributed by atoms with Gasteiger partial charge in [-0.15, -0.1) is 11.3 Å². The Hall–Kier alpha value is -0.680. The van der Waals surface area contributed by atoms with Crippen LogP contribution in [0.15, 0.2) is 35.7 Å². The van der Waals surface area contributed by atoms with Gasteiger partial charge in [-0.1, -0.05) is 31.5 Å². The minimum atomic E-state index is 0.127. The van der Waals surface area contributed by atoms with Crippen LogP contribution in [0, 0.1) is 2.88 Å².